The molecule has 0 saturated carbocycles. The molecule has 0 aliphatic heterocycles. The molecule has 0 saturated heterocycles. The van der Waals surface area contributed by atoms with Crippen LogP contribution in [0.15, 0.2) is 29.3 Å². The smallest absolute Gasteiger partial charge is 0.191 e. The highest BCUT2D eigenvalue weighted by Gasteiger charge is 2.15. The Balaban J connectivity index is 2.51. The van der Waals surface area contributed by atoms with Gasteiger partial charge in [0.15, 0.2) is 5.96 Å². The number of hydrogen-bond acceptors (Lipinski definition) is 2. The number of rotatable bonds is 7. The Morgan fingerprint density at radius 3 is 2.57 bits per heavy atom. The molecular formula is C17H29N3O. The number of aliphatic imine (C=N–C) groups is 1. The highest BCUT2D eigenvalue weighted by molar-refractivity contribution is 5.79. The van der Waals surface area contributed by atoms with Crippen LogP contribution < -0.4 is 10.6 Å². The van der Waals surface area contributed by atoms with E-state index >= 15 is 0 Å². The molecule has 4 heteroatoms. The molecule has 0 fully saturated rings. The zero-order valence-corrected chi connectivity index (χ0v) is 14.0. The first-order valence-corrected chi connectivity index (χ1v) is 7.60. The third-order valence-corrected chi connectivity index (χ3v) is 3.46. The van der Waals surface area contributed by atoms with Crippen LogP contribution in [0.2, 0.25) is 0 Å². The lowest BCUT2D eigenvalue weighted by atomic mass is 10.1. The van der Waals surface area contributed by atoms with Gasteiger partial charge in [0.1, 0.15) is 0 Å². The van der Waals surface area contributed by atoms with Crippen LogP contribution in [-0.2, 0) is 11.2 Å². The average molecular weight is 291 g/mol. The molecule has 0 radical (unpaired) electrons. The van der Waals surface area contributed by atoms with Gasteiger partial charge in [0.05, 0.1) is 12.1 Å². The predicted octanol–water partition coefficient (Wildman–Crippen LogP) is 2.52. The van der Waals surface area contributed by atoms with Gasteiger partial charge >= 0.3 is 0 Å². The molecule has 0 atom stereocenters. The van der Waals surface area contributed by atoms with Crippen molar-refractivity contribution in [3.05, 3.63) is 35.4 Å². The molecule has 1 rings (SSSR count). The Labute approximate surface area is 129 Å². The number of benzene rings is 1. The van der Waals surface area contributed by atoms with Crippen molar-refractivity contribution < 1.29 is 4.74 Å². The van der Waals surface area contributed by atoms with Crippen LogP contribution in [0.1, 0.15) is 31.9 Å². The molecular weight excluding hydrogens is 262 g/mol. The second kappa shape index (κ2) is 8.67. The van der Waals surface area contributed by atoms with Crippen molar-refractivity contribution in [2.75, 3.05) is 26.7 Å². The summed E-state index contributed by atoms with van der Waals surface area (Å²) in [6, 6.07) is 8.48. The Kier molecular flexibility index (Phi) is 7.23. The van der Waals surface area contributed by atoms with E-state index in [0.717, 1.165) is 25.5 Å². The van der Waals surface area contributed by atoms with Crippen LogP contribution in [0.3, 0.4) is 0 Å². The summed E-state index contributed by atoms with van der Waals surface area (Å²) in [5.41, 5.74) is 2.47. The van der Waals surface area contributed by atoms with Crippen LogP contribution in [0, 0.1) is 6.92 Å². The van der Waals surface area contributed by atoms with Crippen molar-refractivity contribution in [2.24, 2.45) is 4.99 Å². The monoisotopic (exact) mass is 291 g/mol. The summed E-state index contributed by atoms with van der Waals surface area (Å²) in [5.74, 6) is 0.844. The van der Waals surface area contributed by atoms with E-state index in [9.17, 15) is 0 Å². The summed E-state index contributed by atoms with van der Waals surface area (Å²) in [5, 5.41) is 6.64. The van der Waals surface area contributed by atoms with E-state index in [0.29, 0.717) is 6.54 Å². The molecule has 0 amide bonds. The summed E-state index contributed by atoms with van der Waals surface area (Å²) >= 11 is 0. The van der Waals surface area contributed by atoms with Crippen LogP contribution in [0.4, 0.5) is 0 Å². The van der Waals surface area contributed by atoms with Gasteiger partial charge in [0, 0.05) is 20.2 Å². The molecule has 0 heterocycles. The van der Waals surface area contributed by atoms with Crippen LogP contribution >= 0.6 is 0 Å². The average Bonchev–Trinajstić information content (AvgIpc) is 2.47. The lowest BCUT2D eigenvalue weighted by Gasteiger charge is -2.21. The quantitative estimate of drug-likeness (QED) is 0.599. The van der Waals surface area contributed by atoms with Crippen molar-refractivity contribution >= 4 is 5.96 Å². The molecule has 4 nitrogen and oxygen atoms in total. The van der Waals surface area contributed by atoms with Crippen LogP contribution in [0.5, 0.6) is 0 Å². The largest absolute Gasteiger partial charge is 0.377 e. The molecule has 118 valence electrons. The van der Waals surface area contributed by atoms with Crippen molar-refractivity contribution in [3.8, 4) is 0 Å². The number of aryl methyl sites for hydroxylation is 1. The third-order valence-electron chi connectivity index (χ3n) is 3.46. The molecule has 1 aromatic carbocycles. The number of nitrogens with zero attached hydrogens (tertiary/aromatic N) is 1. The first kappa shape index (κ1) is 17.5. The Morgan fingerprint density at radius 2 is 1.95 bits per heavy atom. The van der Waals surface area contributed by atoms with Gasteiger partial charge in [0.25, 0.3) is 0 Å². The second-order valence-electron chi connectivity index (χ2n) is 5.76. The summed E-state index contributed by atoms with van der Waals surface area (Å²) in [6.07, 6.45) is 0.991. The summed E-state index contributed by atoms with van der Waals surface area (Å²) in [4.78, 5) is 4.58. The fraction of sp³-hybridized carbons (Fsp3) is 0.588. The molecule has 0 aromatic heterocycles. The van der Waals surface area contributed by atoms with Gasteiger partial charge in [-0.25, -0.2) is 0 Å². The standard InChI is InChI=1S/C17H29N3O/c1-6-18-16(20-13-17(3,4)21-5)19-12-11-15-10-8-7-9-14(15)2/h7-10H,6,11-13H2,1-5H3,(H2,18,19,20). The fourth-order valence-corrected chi connectivity index (χ4v) is 1.88. The van der Waals surface area contributed by atoms with E-state index in [1.54, 1.807) is 7.11 Å². The first-order chi connectivity index (χ1) is 9.98. The summed E-state index contributed by atoms with van der Waals surface area (Å²) < 4.78 is 5.39. The molecule has 0 aliphatic rings. The minimum atomic E-state index is -0.238. The maximum absolute atomic E-state index is 5.39. The number of hydrogen-bond donors (Lipinski definition) is 2. The van der Waals surface area contributed by atoms with E-state index in [1.807, 2.05) is 13.8 Å². The van der Waals surface area contributed by atoms with Crippen LogP contribution in [-0.4, -0.2) is 38.3 Å². The SMILES string of the molecule is CCNC(=NCC(C)(C)OC)NCCc1ccccc1C. The minimum absolute atomic E-state index is 0.238. The van der Waals surface area contributed by atoms with Crippen molar-refractivity contribution in [1.82, 2.24) is 10.6 Å². The van der Waals surface area contributed by atoms with Gasteiger partial charge in [-0.3, -0.25) is 4.99 Å². The van der Waals surface area contributed by atoms with E-state index in [1.165, 1.54) is 11.1 Å². The maximum atomic E-state index is 5.39. The van der Waals surface area contributed by atoms with Gasteiger partial charge in [-0.2, -0.15) is 0 Å². The van der Waals surface area contributed by atoms with Gasteiger partial charge in [0.2, 0.25) is 0 Å². The van der Waals surface area contributed by atoms with Gasteiger partial charge in [-0.05, 0) is 45.2 Å². The Bertz CT molecular complexity index is 455. The Morgan fingerprint density at radius 1 is 1.24 bits per heavy atom. The number of guanidine groups is 1. The second-order valence-corrected chi connectivity index (χ2v) is 5.76. The first-order valence-electron chi connectivity index (χ1n) is 7.60. The molecule has 21 heavy (non-hydrogen) atoms. The maximum Gasteiger partial charge on any atom is 0.191 e. The normalized spacial score (nSPS) is 12.3. The molecule has 0 aliphatic carbocycles. The van der Waals surface area contributed by atoms with Crippen molar-refractivity contribution in [3.63, 3.8) is 0 Å². The topological polar surface area (TPSA) is 45.7 Å². The molecule has 0 unspecified atom stereocenters. The van der Waals surface area contributed by atoms with E-state index < -0.39 is 0 Å². The number of nitrogens with one attached hydrogen (secondary N) is 2. The van der Waals surface area contributed by atoms with E-state index in [-0.39, 0.29) is 5.60 Å². The zero-order valence-electron chi connectivity index (χ0n) is 14.0. The summed E-state index contributed by atoms with van der Waals surface area (Å²) in [6.45, 7) is 10.6. The molecule has 1 aromatic rings. The molecule has 0 spiro atoms. The third kappa shape index (κ3) is 6.63. The zero-order chi connectivity index (χ0) is 15.7. The predicted molar refractivity (Wildman–Crippen MR) is 90.0 cm³/mol. The van der Waals surface area contributed by atoms with Crippen LogP contribution in [0.25, 0.3) is 0 Å². The minimum Gasteiger partial charge on any atom is -0.377 e. The van der Waals surface area contributed by atoms with Gasteiger partial charge in [-0.15, -0.1) is 0 Å². The van der Waals surface area contributed by atoms with Gasteiger partial charge < -0.3 is 15.4 Å². The summed E-state index contributed by atoms with van der Waals surface area (Å²) in [7, 11) is 1.72. The fourth-order valence-electron chi connectivity index (χ4n) is 1.88. The number of methoxy groups -OCH3 is 1. The molecule has 2 N–H and O–H groups in total. The lowest BCUT2D eigenvalue weighted by molar-refractivity contribution is 0.0310. The van der Waals surface area contributed by atoms with Gasteiger partial charge in [-0.1, -0.05) is 24.3 Å². The van der Waals surface area contributed by atoms with Crippen molar-refractivity contribution in [2.45, 2.75) is 39.7 Å². The molecule has 0 bridgehead atoms. The van der Waals surface area contributed by atoms with E-state index in [4.69, 9.17) is 4.74 Å². The van der Waals surface area contributed by atoms with Crippen molar-refractivity contribution in [1.29, 1.82) is 0 Å². The highest BCUT2D eigenvalue weighted by atomic mass is 16.5. The lowest BCUT2D eigenvalue weighted by Crippen LogP contribution is -2.40. The highest BCUT2D eigenvalue weighted by Crippen LogP contribution is 2.08. The Hall–Kier alpha value is -1.55. The van der Waals surface area contributed by atoms with E-state index in [2.05, 4.69) is 53.7 Å². The number of ether oxygens (including phenoxy) is 1.